The zero-order valence-corrected chi connectivity index (χ0v) is 11.5. The van der Waals surface area contributed by atoms with Crippen LogP contribution >= 0.6 is 23.2 Å². The average molecular weight is 297 g/mol. The van der Waals surface area contributed by atoms with E-state index < -0.39 is 5.97 Å². The van der Waals surface area contributed by atoms with Gasteiger partial charge in [0.15, 0.2) is 0 Å². The van der Waals surface area contributed by atoms with E-state index in [0.717, 1.165) is 11.3 Å². The van der Waals surface area contributed by atoms with Gasteiger partial charge in [0.2, 0.25) is 0 Å². The van der Waals surface area contributed by atoms with Crippen molar-refractivity contribution < 1.29 is 9.90 Å². The molecule has 6 heteroatoms. The van der Waals surface area contributed by atoms with Gasteiger partial charge in [-0.05, 0) is 36.8 Å². The highest BCUT2D eigenvalue weighted by atomic mass is 35.5. The van der Waals surface area contributed by atoms with Crippen LogP contribution in [0.1, 0.15) is 15.9 Å². The molecule has 0 spiro atoms. The maximum atomic E-state index is 10.9. The number of carbonyl (C=O) groups is 1. The van der Waals surface area contributed by atoms with Crippen molar-refractivity contribution in [3.8, 4) is 0 Å². The van der Waals surface area contributed by atoms with Crippen molar-refractivity contribution in [2.75, 3.05) is 5.32 Å². The second kappa shape index (κ2) is 5.47. The highest BCUT2D eigenvalue weighted by molar-refractivity contribution is 6.31. The standard InChI is InChI=1S/C13H10Cl2N2O2/c1-7-2-3-9(14)6-10(7)16-12-5-8(13(18)19)4-11(15)17-12/h2-6H,1H3,(H,16,17)(H,18,19). The molecular formula is C13H10Cl2N2O2. The Labute approximate surface area is 120 Å². The van der Waals surface area contributed by atoms with Crippen molar-refractivity contribution in [3.63, 3.8) is 0 Å². The molecule has 0 saturated carbocycles. The molecule has 0 aliphatic rings. The van der Waals surface area contributed by atoms with Gasteiger partial charge in [-0.1, -0.05) is 29.3 Å². The van der Waals surface area contributed by atoms with Gasteiger partial charge in [-0.25, -0.2) is 9.78 Å². The summed E-state index contributed by atoms with van der Waals surface area (Å²) < 4.78 is 0. The summed E-state index contributed by atoms with van der Waals surface area (Å²) in [5.74, 6) is -0.703. The molecule has 0 atom stereocenters. The molecule has 0 aliphatic heterocycles. The van der Waals surface area contributed by atoms with Crippen LogP contribution in [0.15, 0.2) is 30.3 Å². The number of rotatable bonds is 3. The minimum Gasteiger partial charge on any atom is -0.478 e. The second-order valence-corrected chi connectivity index (χ2v) is 4.78. The first-order chi connectivity index (χ1) is 8.95. The van der Waals surface area contributed by atoms with E-state index in [9.17, 15) is 4.79 Å². The molecule has 1 aromatic carbocycles. The maximum absolute atomic E-state index is 10.9. The predicted molar refractivity (Wildman–Crippen MR) is 75.7 cm³/mol. The Bertz CT molecular complexity index is 645. The molecule has 0 saturated heterocycles. The van der Waals surface area contributed by atoms with Crippen LogP contribution in [0.25, 0.3) is 0 Å². The topological polar surface area (TPSA) is 62.2 Å². The zero-order chi connectivity index (χ0) is 14.0. The van der Waals surface area contributed by atoms with Gasteiger partial charge in [-0.2, -0.15) is 0 Å². The molecule has 1 aromatic heterocycles. The molecule has 0 amide bonds. The number of hydrogen-bond donors (Lipinski definition) is 2. The van der Waals surface area contributed by atoms with Gasteiger partial charge in [0.1, 0.15) is 11.0 Å². The van der Waals surface area contributed by atoms with E-state index in [1.165, 1.54) is 12.1 Å². The fourth-order valence-electron chi connectivity index (χ4n) is 1.55. The summed E-state index contributed by atoms with van der Waals surface area (Å²) in [5.41, 5.74) is 1.78. The van der Waals surface area contributed by atoms with E-state index in [-0.39, 0.29) is 10.7 Å². The van der Waals surface area contributed by atoms with Gasteiger partial charge >= 0.3 is 5.97 Å². The summed E-state index contributed by atoms with van der Waals surface area (Å²) in [7, 11) is 0. The first-order valence-corrected chi connectivity index (χ1v) is 6.15. The molecule has 4 nitrogen and oxygen atoms in total. The minimum atomic E-state index is -1.06. The summed E-state index contributed by atoms with van der Waals surface area (Å²) in [6.45, 7) is 1.90. The zero-order valence-electron chi connectivity index (χ0n) is 9.95. The van der Waals surface area contributed by atoms with E-state index in [0.29, 0.717) is 10.8 Å². The van der Waals surface area contributed by atoms with Crippen molar-refractivity contribution in [1.29, 1.82) is 0 Å². The van der Waals surface area contributed by atoms with Crippen molar-refractivity contribution in [2.45, 2.75) is 6.92 Å². The van der Waals surface area contributed by atoms with Gasteiger partial charge in [0.25, 0.3) is 0 Å². The molecule has 0 aliphatic carbocycles. The number of pyridine rings is 1. The Hall–Kier alpha value is -1.78. The number of halogens is 2. The number of anilines is 2. The number of aromatic nitrogens is 1. The number of carboxylic acids is 1. The monoisotopic (exact) mass is 296 g/mol. The lowest BCUT2D eigenvalue weighted by Gasteiger charge is -2.10. The highest BCUT2D eigenvalue weighted by Crippen LogP contribution is 2.24. The summed E-state index contributed by atoms with van der Waals surface area (Å²) in [4.78, 5) is 15.0. The molecule has 98 valence electrons. The SMILES string of the molecule is Cc1ccc(Cl)cc1Nc1cc(C(=O)O)cc(Cl)n1. The summed E-state index contributed by atoms with van der Waals surface area (Å²) in [6.07, 6.45) is 0. The molecule has 2 N–H and O–H groups in total. The third kappa shape index (κ3) is 3.36. The Balaban J connectivity index is 2.38. The first-order valence-electron chi connectivity index (χ1n) is 5.40. The van der Waals surface area contributed by atoms with Crippen LogP contribution in [0.5, 0.6) is 0 Å². The minimum absolute atomic E-state index is 0.0715. The van der Waals surface area contributed by atoms with Crippen LogP contribution in [-0.2, 0) is 0 Å². The van der Waals surface area contributed by atoms with Gasteiger partial charge < -0.3 is 10.4 Å². The van der Waals surface area contributed by atoms with Crippen LogP contribution in [0.3, 0.4) is 0 Å². The molecule has 19 heavy (non-hydrogen) atoms. The third-order valence-electron chi connectivity index (χ3n) is 2.50. The number of nitrogens with one attached hydrogen (secondary N) is 1. The maximum Gasteiger partial charge on any atom is 0.335 e. The van der Waals surface area contributed by atoms with E-state index in [1.807, 2.05) is 13.0 Å². The van der Waals surface area contributed by atoms with Gasteiger partial charge in [-0.15, -0.1) is 0 Å². The second-order valence-electron chi connectivity index (χ2n) is 3.95. The van der Waals surface area contributed by atoms with Gasteiger partial charge in [0.05, 0.1) is 5.56 Å². The van der Waals surface area contributed by atoms with E-state index in [2.05, 4.69) is 10.3 Å². The van der Waals surface area contributed by atoms with E-state index in [1.54, 1.807) is 12.1 Å². The van der Waals surface area contributed by atoms with Crippen LogP contribution in [0.4, 0.5) is 11.5 Å². The molecule has 2 rings (SSSR count). The number of hydrogen-bond acceptors (Lipinski definition) is 3. The molecule has 0 fully saturated rings. The Morgan fingerprint density at radius 1 is 1.26 bits per heavy atom. The largest absolute Gasteiger partial charge is 0.478 e. The number of aromatic carboxylic acids is 1. The molecule has 0 radical (unpaired) electrons. The van der Waals surface area contributed by atoms with Crippen LogP contribution in [0, 0.1) is 6.92 Å². The third-order valence-corrected chi connectivity index (χ3v) is 2.93. The lowest BCUT2D eigenvalue weighted by atomic mass is 10.2. The van der Waals surface area contributed by atoms with E-state index >= 15 is 0 Å². The molecule has 2 aromatic rings. The fourth-order valence-corrected chi connectivity index (χ4v) is 1.93. The lowest BCUT2D eigenvalue weighted by Crippen LogP contribution is -2.01. The van der Waals surface area contributed by atoms with Crippen LogP contribution in [0.2, 0.25) is 10.2 Å². The summed E-state index contributed by atoms with van der Waals surface area (Å²) >= 11 is 11.7. The number of aryl methyl sites for hydroxylation is 1. The smallest absolute Gasteiger partial charge is 0.335 e. The van der Waals surface area contributed by atoms with Gasteiger partial charge in [-0.3, -0.25) is 0 Å². The Morgan fingerprint density at radius 3 is 2.68 bits per heavy atom. The normalized spacial score (nSPS) is 10.3. The fraction of sp³-hybridized carbons (Fsp3) is 0.0769. The molecule has 1 heterocycles. The van der Waals surface area contributed by atoms with Crippen molar-refractivity contribution in [1.82, 2.24) is 4.98 Å². The lowest BCUT2D eigenvalue weighted by molar-refractivity contribution is 0.0697. The Kier molecular flexibility index (Phi) is 3.93. The number of carboxylic acid groups (broad SMARTS) is 1. The van der Waals surface area contributed by atoms with Gasteiger partial charge in [0, 0.05) is 10.7 Å². The summed E-state index contributed by atoms with van der Waals surface area (Å²) in [5, 5.41) is 12.7. The van der Waals surface area contributed by atoms with Crippen LogP contribution < -0.4 is 5.32 Å². The predicted octanol–water partition coefficient (Wildman–Crippen LogP) is 4.14. The quantitative estimate of drug-likeness (QED) is 0.836. The molecule has 0 unspecified atom stereocenters. The van der Waals surface area contributed by atoms with Crippen LogP contribution in [-0.4, -0.2) is 16.1 Å². The average Bonchev–Trinajstić information content (AvgIpc) is 2.33. The molecular weight excluding hydrogens is 287 g/mol. The highest BCUT2D eigenvalue weighted by Gasteiger charge is 2.08. The van der Waals surface area contributed by atoms with E-state index in [4.69, 9.17) is 28.3 Å². The number of nitrogens with zero attached hydrogens (tertiary/aromatic N) is 1. The van der Waals surface area contributed by atoms with Crippen molar-refractivity contribution in [2.24, 2.45) is 0 Å². The van der Waals surface area contributed by atoms with Crippen molar-refractivity contribution >= 4 is 40.7 Å². The summed E-state index contributed by atoms with van der Waals surface area (Å²) in [6, 6.07) is 8.07. The molecule has 0 bridgehead atoms. The van der Waals surface area contributed by atoms with Crippen molar-refractivity contribution in [3.05, 3.63) is 51.6 Å². The Morgan fingerprint density at radius 2 is 2.00 bits per heavy atom. The number of benzene rings is 1. The first kappa shape index (κ1) is 13.6.